The number of nitrogens with zero attached hydrogens (tertiary/aromatic N) is 5. The molecule has 4 rings (SSSR count). The van der Waals surface area contributed by atoms with E-state index in [0.717, 1.165) is 12.3 Å². The largest absolute Gasteiger partial charge is 0.381 e. The van der Waals surface area contributed by atoms with Crippen LogP contribution in [-0.2, 0) is 12.1 Å². The summed E-state index contributed by atoms with van der Waals surface area (Å²) in [6.07, 6.45) is 4.31. The highest BCUT2D eigenvalue weighted by atomic mass is 35.5. The molecule has 3 N–H and O–H groups in total. The highest BCUT2D eigenvalue weighted by Gasteiger charge is 2.38. The van der Waals surface area contributed by atoms with Crippen LogP contribution in [0.5, 0.6) is 0 Å². The molecule has 0 bridgehead atoms. The van der Waals surface area contributed by atoms with E-state index in [1.165, 1.54) is 24.4 Å². The molecule has 1 aromatic carbocycles. The molecule has 1 atom stereocenters. The van der Waals surface area contributed by atoms with Crippen LogP contribution in [0.2, 0.25) is 5.02 Å². The average Bonchev–Trinajstić information content (AvgIpc) is 3.22. The number of amidine groups is 1. The fourth-order valence-electron chi connectivity index (χ4n) is 3.37. The lowest BCUT2D eigenvalue weighted by Gasteiger charge is -2.32. The van der Waals surface area contributed by atoms with Crippen molar-refractivity contribution in [3.8, 4) is 6.07 Å². The predicted octanol–water partition coefficient (Wildman–Crippen LogP) is 2.78. The Kier molecular flexibility index (Phi) is 5.12. The first-order valence-corrected chi connectivity index (χ1v) is 9.34. The van der Waals surface area contributed by atoms with Crippen molar-refractivity contribution in [2.75, 3.05) is 12.0 Å². The molecule has 1 aliphatic heterocycles. The molecule has 31 heavy (non-hydrogen) atoms. The number of halogens is 3. The SMILES string of the molecule is N#Cc1ccc(C2(CF)Cn3ccnc3C(N)=N2)cc1NC(=O)c1ncc(Cl)cc1F. The monoisotopic (exact) mass is 441 g/mol. The lowest BCUT2D eigenvalue weighted by Crippen LogP contribution is -2.40. The number of amides is 1. The summed E-state index contributed by atoms with van der Waals surface area (Å²) in [6, 6.07) is 7.26. The fourth-order valence-corrected chi connectivity index (χ4v) is 3.52. The summed E-state index contributed by atoms with van der Waals surface area (Å²) < 4.78 is 30.0. The normalized spacial score (nSPS) is 17.4. The average molecular weight is 442 g/mol. The second kappa shape index (κ2) is 7.77. The zero-order chi connectivity index (χ0) is 22.2. The van der Waals surface area contributed by atoms with Crippen molar-refractivity contribution in [2.24, 2.45) is 10.7 Å². The van der Waals surface area contributed by atoms with Crippen LogP contribution in [0.4, 0.5) is 14.5 Å². The zero-order valence-corrected chi connectivity index (χ0v) is 16.6. The first-order chi connectivity index (χ1) is 14.9. The van der Waals surface area contributed by atoms with Gasteiger partial charge in [-0.25, -0.2) is 23.7 Å². The molecule has 0 saturated carbocycles. The molecule has 156 valence electrons. The summed E-state index contributed by atoms with van der Waals surface area (Å²) in [5.74, 6) is -1.32. The van der Waals surface area contributed by atoms with Crippen molar-refractivity contribution < 1.29 is 13.6 Å². The third-order valence-electron chi connectivity index (χ3n) is 4.88. The van der Waals surface area contributed by atoms with Gasteiger partial charge in [0.15, 0.2) is 23.2 Å². The quantitative estimate of drug-likeness (QED) is 0.644. The Morgan fingerprint density at radius 2 is 2.19 bits per heavy atom. The van der Waals surface area contributed by atoms with Crippen LogP contribution in [0.15, 0.2) is 47.8 Å². The Morgan fingerprint density at radius 1 is 1.39 bits per heavy atom. The van der Waals surface area contributed by atoms with Gasteiger partial charge in [0, 0.05) is 18.6 Å². The summed E-state index contributed by atoms with van der Waals surface area (Å²) >= 11 is 5.67. The van der Waals surface area contributed by atoms with Crippen LogP contribution in [0, 0.1) is 17.1 Å². The van der Waals surface area contributed by atoms with Gasteiger partial charge in [0.25, 0.3) is 5.91 Å². The standard InChI is InChI=1S/C20H14ClF2N7O/c21-13-6-14(23)16(27-8-13)19(31)28-15-5-12(2-1-11(15)7-24)20(9-22)10-30-4-3-26-18(30)17(25)29-20/h1-6,8H,9-10H2,(H2,25,29)(H,28,31). The molecule has 0 radical (unpaired) electrons. The Labute approximate surface area is 180 Å². The molecular formula is C20H14ClF2N7O. The van der Waals surface area contributed by atoms with E-state index in [4.69, 9.17) is 17.3 Å². The molecular weight excluding hydrogens is 428 g/mol. The van der Waals surface area contributed by atoms with Gasteiger partial charge in [-0.2, -0.15) is 5.26 Å². The first kappa shape index (κ1) is 20.4. The van der Waals surface area contributed by atoms with E-state index in [0.29, 0.717) is 11.4 Å². The minimum atomic E-state index is -1.38. The molecule has 3 aromatic rings. The van der Waals surface area contributed by atoms with Crippen LogP contribution >= 0.6 is 11.6 Å². The van der Waals surface area contributed by atoms with Crippen LogP contribution in [0.25, 0.3) is 0 Å². The number of anilines is 1. The van der Waals surface area contributed by atoms with Gasteiger partial charge in [0.05, 0.1) is 22.8 Å². The number of rotatable bonds is 4. The predicted molar refractivity (Wildman–Crippen MR) is 109 cm³/mol. The van der Waals surface area contributed by atoms with Gasteiger partial charge >= 0.3 is 0 Å². The van der Waals surface area contributed by atoms with Crippen molar-refractivity contribution in [3.05, 3.63) is 76.3 Å². The Hall–Kier alpha value is -3.84. The number of aromatic nitrogens is 3. The molecule has 3 heterocycles. The van der Waals surface area contributed by atoms with Crippen LogP contribution in [-0.4, -0.2) is 33.0 Å². The molecule has 1 amide bonds. The van der Waals surface area contributed by atoms with E-state index in [2.05, 4.69) is 20.3 Å². The van der Waals surface area contributed by atoms with Crippen LogP contribution in [0.1, 0.15) is 27.4 Å². The Bertz CT molecular complexity index is 1270. The van der Waals surface area contributed by atoms with Gasteiger partial charge in [-0.05, 0) is 23.8 Å². The number of aliphatic imine (C=N–C) groups is 1. The molecule has 2 aromatic heterocycles. The minimum Gasteiger partial charge on any atom is -0.381 e. The number of nitrogens with one attached hydrogen (secondary N) is 1. The number of imidazole rings is 1. The molecule has 0 aliphatic carbocycles. The lowest BCUT2D eigenvalue weighted by molar-refractivity contribution is 0.101. The molecule has 0 saturated heterocycles. The van der Waals surface area contributed by atoms with Gasteiger partial charge < -0.3 is 15.6 Å². The van der Waals surface area contributed by atoms with Crippen LogP contribution in [0.3, 0.4) is 0 Å². The van der Waals surface area contributed by atoms with Crippen molar-refractivity contribution in [1.82, 2.24) is 14.5 Å². The lowest BCUT2D eigenvalue weighted by atomic mass is 9.89. The fraction of sp³-hybridized carbons (Fsp3) is 0.150. The highest BCUT2D eigenvalue weighted by molar-refractivity contribution is 6.30. The summed E-state index contributed by atoms with van der Waals surface area (Å²) in [5, 5.41) is 11.9. The first-order valence-electron chi connectivity index (χ1n) is 8.96. The number of benzene rings is 1. The number of carbonyl (C=O) groups excluding carboxylic acids is 1. The van der Waals surface area contributed by atoms with E-state index < -0.39 is 29.6 Å². The number of nitriles is 1. The number of carbonyl (C=O) groups is 1. The number of alkyl halides is 1. The Balaban J connectivity index is 1.73. The second-order valence-electron chi connectivity index (χ2n) is 6.85. The van der Waals surface area contributed by atoms with E-state index in [1.807, 2.05) is 6.07 Å². The van der Waals surface area contributed by atoms with E-state index >= 15 is 0 Å². The minimum absolute atomic E-state index is 0.0327. The maximum Gasteiger partial charge on any atom is 0.277 e. The molecule has 8 nitrogen and oxygen atoms in total. The van der Waals surface area contributed by atoms with Crippen molar-refractivity contribution in [3.63, 3.8) is 0 Å². The van der Waals surface area contributed by atoms with Gasteiger partial charge in [-0.3, -0.25) is 4.79 Å². The number of hydrogen-bond donors (Lipinski definition) is 2. The maximum absolute atomic E-state index is 14.3. The molecule has 1 unspecified atom stereocenters. The zero-order valence-electron chi connectivity index (χ0n) is 15.8. The Morgan fingerprint density at radius 3 is 2.90 bits per heavy atom. The van der Waals surface area contributed by atoms with Gasteiger partial charge in [-0.15, -0.1) is 0 Å². The van der Waals surface area contributed by atoms with E-state index in [-0.39, 0.29) is 28.7 Å². The van der Waals surface area contributed by atoms with Gasteiger partial charge in [0.2, 0.25) is 0 Å². The number of fused-ring (bicyclic) bond motifs is 1. The molecule has 11 heteroatoms. The highest BCUT2D eigenvalue weighted by Crippen LogP contribution is 2.35. The van der Waals surface area contributed by atoms with E-state index in [9.17, 15) is 18.8 Å². The number of hydrogen-bond acceptors (Lipinski definition) is 6. The third-order valence-corrected chi connectivity index (χ3v) is 5.09. The van der Waals surface area contributed by atoms with E-state index in [1.54, 1.807) is 10.8 Å². The van der Waals surface area contributed by atoms with Crippen molar-refractivity contribution in [2.45, 2.75) is 12.1 Å². The molecule has 0 spiro atoms. The molecule has 0 fully saturated rings. The summed E-state index contributed by atoms with van der Waals surface area (Å²) in [7, 11) is 0. The van der Waals surface area contributed by atoms with Gasteiger partial charge in [-0.1, -0.05) is 17.7 Å². The smallest absolute Gasteiger partial charge is 0.277 e. The maximum atomic E-state index is 14.3. The van der Waals surface area contributed by atoms with Crippen molar-refractivity contribution in [1.29, 1.82) is 5.26 Å². The summed E-state index contributed by atoms with van der Waals surface area (Å²) in [4.78, 5) is 24.6. The van der Waals surface area contributed by atoms with Gasteiger partial charge in [0.1, 0.15) is 18.3 Å². The third kappa shape index (κ3) is 3.60. The van der Waals surface area contributed by atoms with Crippen LogP contribution < -0.4 is 11.1 Å². The summed E-state index contributed by atoms with van der Waals surface area (Å²) in [6.45, 7) is -0.774. The molecule has 1 aliphatic rings. The number of pyridine rings is 1. The number of nitrogens with two attached hydrogens (primary N) is 1. The second-order valence-corrected chi connectivity index (χ2v) is 7.29. The summed E-state index contributed by atoms with van der Waals surface area (Å²) in [5.41, 5.74) is 4.62. The van der Waals surface area contributed by atoms with Crippen molar-refractivity contribution >= 4 is 29.0 Å². The topological polar surface area (TPSA) is 122 Å².